The van der Waals surface area contributed by atoms with Crippen LogP contribution in [0.1, 0.15) is 25.7 Å². The van der Waals surface area contributed by atoms with Crippen molar-refractivity contribution in [2.24, 2.45) is 0 Å². The Bertz CT molecular complexity index is 572. The van der Waals surface area contributed by atoms with Crippen LogP contribution < -0.4 is 10.2 Å². The number of hydrogen-bond donors (Lipinski definition) is 2. The van der Waals surface area contributed by atoms with E-state index in [1.807, 2.05) is 24.3 Å². The van der Waals surface area contributed by atoms with Gasteiger partial charge in [0, 0.05) is 36.9 Å². The third-order valence-electron chi connectivity index (χ3n) is 4.07. The van der Waals surface area contributed by atoms with Crippen LogP contribution in [0, 0.1) is 0 Å². The Labute approximate surface area is 129 Å². The van der Waals surface area contributed by atoms with Gasteiger partial charge in [0.1, 0.15) is 0 Å². The van der Waals surface area contributed by atoms with Crippen molar-refractivity contribution in [1.29, 1.82) is 0 Å². The number of benzene rings is 1. The zero-order valence-corrected chi connectivity index (χ0v) is 12.5. The Balaban J connectivity index is 1.69. The first-order valence-electron chi connectivity index (χ1n) is 7.78. The highest BCUT2D eigenvalue weighted by Crippen LogP contribution is 2.28. The molecule has 0 atom stereocenters. The number of hydrogen-bond acceptors (Lipinski definition) is 3. The van der Waals surface area contributed by atoms with E-state index in [9.17, 15) is 9.59 Å². The number of anilines is 2. The van der Waals surface area contributed by atoms with Gasteiger partial charge in [-0.1, -0.05) is 6.07 Å². The molecule has 6 nitrogen and oxygen atoms in total. The average molecular weight is 303 g/mol. The molecule has 1 aromatic carbocycles. The fourth-order valence-corrected chi connectivity index (χ4v) is 2.81. The Morgan fingerprint density at radius 1 is 1.41 bits per heavy atom. The van der Waals surface area contributed by atoms with Gasteiger partial charge in [0.25, 0.3) is 0 Å². The molecule has 2 N–H and O–H groups in total. The zero-order chi connectivity index (χ0) is 15.5. The van der Waals surface area contributed by atoms with Crippen molar-refractivity contribution in [2.75, 3.05) is 29.9 Å². The second-order valence-electron chi connectivity index (χ2n) is 5.78. The third-order valence-corrected chi connectivity index (χ3v) is 4.07. The van der Waals surface area contributed by atoms with E-state index in [1.54, 1.807) is 9.80 Å². The van der Waals surface area contributed by atoms with Crippen molar-refractivity contribution in [1.82, 2.24) is 4.90 Å². The number of rotatable bonds is 5. The maximum atomic E-state index is 12.3. The minimum absolute atomic E-state index is 0.0355. The molecule has 0 radical (unpaired) electrons. The monoisotopic (exact) mass is 303 g/mol. The minimum atomic E-state index is -0.193. The maximum absolute atomic E-state index is 12.3. The molecule has 0 unspecified atom stereocenters. The molecule has 2 aliphatic rings. The fourth-order valence-electron chi connectivity index (χ4n) is 2.81. The number of aliphatic hydroxyl groups is 1. The second kappa shape index (κ2) is 6.36. The summed E-state index contributed by atoms with van der Waals surface area (Å²) in [5.41, 5.74) is 1.49. The lowest BCUT2D eigenvalue weighted by atomic mass is 10.2. The summed E-state index contributed by atoms with van der Waals surface area (Å²) in [7, 11) is 0. The van der Waals surface area contributed by atoms with Crippen LogP contribution in [0.5, 0.6) is 0 Å². The summed E-state index contributed by atoms with van der Waals surface area (Å²) in [5.74, 6) is 0.128. The van der Waals surface area contributed by atoms with E-state index in [-0.39, 0.29) is 24.6 Å². The smallest absolute Gasteiger partial charge is 0.322 e. The second-order valence-corrected chi connectivity index (χ2v) is 5.78. The van der Waals surface area contributed by atoms with Crippen molar-refractivity contribution in [2.45, 2.75) is 31.7 Å². The molecule has 1 aliphatic carbocycles. The molecule has 0 bridgehead atoms. The summed E-state index contributed by atoms with van der Waals surface area (Å²) in [6.45, 7) is 1.04. The van der Waals surface area contributed by atoms with Crippen LogP contribution in [0.25, 0.3) is 0 Å². The summed E-state index contributed by atoms with van der Waals surface area (Å²) in [6.07, 6.45) is 3.45. The molecule has 6 heteroatoms. The van der Waals surface area contributed by atoms with E-state index in [0.717, 1.165) is 31.5 Å². The molecule has 1 saturated carbocycles. The Kier molecular flexibility index (Phi) is 4.29. The largest absolute Gasteiger partial charge is 0.395 e. The normalized spacial score (nSPS) is 17.7. The highest BCUT2D eigenvalue weighted by atomic mass is 16.3. The number of carbonyl (C=O) groups excluding carboxylic acids is 2. The fraction of sp³-hybridized carbons (Fsp3) is 0.500. The first kappa shape index (κ1) is 14.8. The topological polar surface area (TPSA) is 72.9 Å². The molecule has 22 heavy (non-hydrogen) atoms. The van der Waals surface area contributed by atoms with Crippen molar-refractivity contribution in [3.8, 4) is 0 Å². The first-order valence-corrected chi connectivity index (χ1v) is 7.78. The first-order chi connectivity index (χ1) is 10.7. The van der Waals surface area contributed by atoms with Gasteiger partial charge in [0.05, 0.1) is 6.61 Å². The van der Waals surface area contributed by atoms with Crippen LogP contribution in [0.4, 0.5) is 16.2 Å². The van der Waals surface area contributed by atoms with Gasteiger partial charge in [0.2, 0.25) is 5.91 Å². The Morgan fingerprint density at radius 2 is 2.23 bits per heavy atom. The maximum Gasteiger partial charge on any atom is 0.322 e. The molecule has 118 valence electrons. The zero-order valence-electron chi connectivity index (χ0n) is 12.5. The number of aliphatic hydroxyl groups excluding tert-OH is 1. The van der Waals surface area contributed by atoms with Crippen LogP contribution in [-0.2, 0) is 4.79 Å². The van der Waals surface area contributed by atoms with E-state index >= 15 is 0 Å². The predicted octanol–water partition coefficient (Wildman–Crippen LogP) is 1.80. The molecule has 1 aromatic rings. The van der Waals surface area contributed by atoms with Crippen LogP contribution in [-0.4, -0.2) is 47.7 Å². The molecular weight excluding hydrogens is 282 g/mol. The van der Waals surface area contributed by atoms with Gasteiger partial charge in [-0.25, -0.2) is 4.79 Å². The lowest BCUT2D eigenvalue weighted by Crippen LogP contribution is -2.38. The van der Waals surface area contributed by atoms with Gasteiger partial charge in [-0.05, 0) is 37.5 Å². The lowest BCUT2D eigenvalue weighted by Gasteiger charge is -2.22. The highest BCUT2D eigenvalue weighted by Gasteiger charge is 2.32. The van der Waals surface area contributed by atoms with Gasteiger partial charge in [-0.3, -0.25) is 4.79 Å². The number of urea groups is 1. The average Bonchev–Trinajstić information content (AvgIpc) is 3.26. The number of nitrogens with one attached hydrogen (secondary N) is 1. The number of amides is 3. The van der Waals surface area contributed by atoms with E-state index in [1.165, 1.54) is 0 Å². The molecule has 0 spiro atoms. The van der Waals surface area contributed by atoms with E-state index < -0.39 is 0 Å². The van der Waals surface area contributed by atoms with Crippen molar-refractivity contribution >= 4 is 23.3 Å². The van der Waals surface area contributed by atoms with Crippen LogP contribution in [0.3, 0.4) is 0 Å². The van der Waals surface area contributed by atoms with E-state index in [2.05, 4.69) is 5.32 Å². The predicted molar refractivity (Wildman–Crippen MR) is 83.9 cm³/mol. The van der Waals surface area contributed by atoms with Crippen molar-refractivity contribution in [3.05, 3.63) is 24.3 Å². The molecule has 1 heterocycles. The van der Waals surface area contributed by atoms with E-state index in [4.69, 9.17) is 5.11 Å². The summed E-state index contributed by atoms with van der Waals surface area (Å²) < 4.78 is 0. The molecule has 0 aromatic heterocycles. The Hall–Kier alpha value is -2.08. The third kappa shape index (κ3) is 3.22. The van der Waals surface area contributed by atoms with Gasteiger partial charge < -0.3 is 20.2 Å². The minimum Gasteiger partial charge on any atom is -0.395 e. The lowest BCUT2D eigenvalue weighted by molar-refractivity contribution is -0.117. The van der Waals surface area contributed by atoms with Crippen LogP contribution in [0.15, 0.2) is 24.3 Å². The summed E-state index contributed by atoms with van der Waals surface area (Å²) in [4.78, 5) is 27.5. The van der Waals surface area contributed by atoms with Crippen molar-refractivity contribution in [3.63, 3.8) is 0 Å². The van der Waals surface area contributed by atoms with Gasteiger partial charge >= 0.3 is 6.03 Å². The SMILES string of the molecule is O=C1CCCN1c1cccc(NC(=O)N(CCO)C2CC2)c1. The molecule has 3 amide bonds. The number of carbonyl (C=O) groups is 2. The summed E-state index contributed by atoms with van der Waals surface area (Å²) in [5, 5.41) is 11.9. The van der Waals surface area contributed by atoms with Gasteiger partial charge in [-0.2, -0.15) is 0 Å². The standard InChI is InChI=1S/C16H21N3O3/c20-10-9-19(13-6-7-13)16(22)17-12-3-1-4-14(11-12)18-8-2-5-15(18)21/h1,3-4,11,13,20H,2,5-10H2,(H,17,22). The Morgan fingerprint density at radius 3 is 2.86 bits per heavy atom. The molecule has 1 saturated heterocycles. The highest BCUT2D eigenvalue weighted by molar-refractivity contribution is 5.96. The molecule has 1 aliphatic heterocycles. The summed E-state index contributed by atoms with van der Waals surface area (Å²) in [6, 6.07) is 7.41. The van der Waals surface area contributed by atoms with Crippen LogP contribution >= 0.6 is 0 Å². The summed E-state index contributed by atoms with van der Waals surface area (Å²) >= 11 is 0. The quantitative estimate of drug-likeness (QED) is 0.871. The van der Waals surface area contributed by atoms with E-state index in [0.29, 0.717) is 18.7 Å². The molecule has 2 fully saturated rings. The van der Waals surface area contributed by atoms with Crippen LogP contribution in [0.2, 0.25) is 0 Å². The molecular formula is C16H21N3O3. The molecule has 3 rings (SSSR count). The van der Waals surface area contributed by atoms with Gasteiger partial charge in [0.15, 0.2) is 0 Å². The number of nitrogens with zero attached hydrogens (tertiary/aromatic N) is 2. The van der Waals surface area contributed by atoms with Gasteiger partial charge in [-0.15, -0.1) is 0 Å². The van der Waals surface area contributed by atoms with Crippen molar-refractivity contribution < 1.29 is 14.7 Å².